The normalized spacial score (nSPS) is 13.3. The molecule has 0 saturated carbocycles. The Balaban J connectivity index is 2.27. The standard InChI is InChI=1S/C18H26N4O7S2/c1-7-28-15-9-8-14(10-16(15)31(26,27)22(5)6)19-18(23)12(3)21-30(24,25)17-11(2)20-29-13(17)4/h8-10,12,21H,7H2,1-6H3,(H,19,23)/t12-/m0/s1. The van der Waals surface area contributed by atoms with E-state index >= 15 is 0 Å². The molecule has 172 valence electrons. The van der Waals surface area contributed by atoms with Gasteiger partial charge >= 0.3 is 0 Å². The number of nitrogens with one attached hydrogen (secondary N) is 2. The molecule has 0 unspecified atom stereocenters. The number of anilines is 1. The van der Waals surface area contributed by atoms with E-state index in [0.717, 1.165) is 4.31 Å². The lowest BCUT2D eigenvalue weighted by Gasteiger charge is -2.18. The number of rotatable bonds is 9. The molecule has 0 radical (unpaired) electrons. The second kappa shape index (κ2) is 9.34. The van der Waals surface area contributed by atoms with Crippen LogP contribution in [0.25, 0.3) is 0 Å². The summed E-state index contributed by atoms with van der Waals surface area (Å²) in [7, 11) is -5.16. The van der Waals surface area contributed by atoms with Crippen molar-refractivity contribution in [3.8, 4) is 5.75 Å². The maximum Gasteiger partial charge on any atom is 0.246 e. The molecule has 2 aromatic rings. The third-order valence-electron chi connectivity index (χ3n) is 4.23. The van der Waals surface area contributed by atoms with Crippen LogP contribution in [-0.2, 0) is 24.8 Å². The molecule has 31 heavy (non-hydrogen) atoms. The minimum Gasteiger partial charge on any atom is -0.492 e. The quantitative estimate of drug-likeness (QED) is 0.552. The number of carbonyl (C=O) groups excluding carboxylic acids is 1. The molecule has 0 aliphatic rings. The Morgan fingerprint density at radius 2 is 1.87 bits per heavy atom. The molecule has 1 aromatic heterocycles. The summed E-state index contributed by atoms with van der Waals surface area (Å²) in [6, 6.07) is 2.98. The SMILES string of the molecule is CCOc1ccc(NC(=O)[C@H](C)NS(=O)(=O)c2c(C)noc2C)cc1S(=O)(=O)N(C)C. The summed E-state index contributed by atoms with van der Waals surface area (Å²) in [5.74, 6) is -0.447. The molecule has 0 aliphatic heterocycles. The maximum atomic E-state index is 12.6. The molecule has 1 heterocycles. The van der Waals surface area contributed by atoms with Gasteiger partial charge in [-0.2, -0.15) is 4.72 Å². The number of hydrogen-bond acceptors (Lipinski definition) is 8. The predicted octanol–water partition coefficient (Wildman–Crippen LogP) is 1.25. The van der Waals surface area contributed by atoms with Crippen LogP contribution < -0.4 is 14.8 Å². The molecule has 0 bridgehead atoms. The van der Waals surface area contributed by atoms with E-state index in [1.165, 1.54) is 53.1 Å². The number of nitrogens with zero attached hydrogens (tertiary/aromatic N) is 2. The fraction of sp³-hybridized carbons (Fsp3) is 0.444. The molecule has 0 saturated heterocycles. The van der Waals surface area contributed by atoms with Gasteiger partial charge in [-0.15, -0.1) is 0 Å². The van der Waals surface area contributed by atoms with Crippen LogP contribution in [0.2, 0.25) is 0 Å². The predicted molar refractivity (Wildman–Crippen MR) is 113 cm³/mol. The second-order valence-electron chi connectivity index (χ2n) is 6.87. The smallest absolute Gasteiger partial charge is 0.246 e. The molecule has 0 fully saturated rings. The van der Waals surface area contributed by atoms with Crippen LogP contribution >= 0.6 is 0 Å². The van der Waals surface area contributed by atoms with Gasteiger partial charge in [0.05, 0.1) is 12.6 Å². The zero-order chi connectivity index (χ0) is 23.6. The first-order valence-corrected chi connectivity index (χ1v) is 12.2. The number of sulfonamides is 2. The van der Waals surface area contributed by atoms with Gasteiger partial charge in [-0.1, -0.05) is 5.16 Å². The van der Waals surface area contributed by atoms with Crippen molar-refractivity contribution in [1.82, 2.24) is 14.2 Å². The largest absolute Gasteiger partial charge is 0.492 e. The zero-order valence-electron chi connectivity index (χ0n) is 18.1. The third kappa shape index (κ3) is 5.42. The van der Waals surface area contributed by atoms with E-state index in [0.29, 0.717) is 0 Å². The lowest BCUT2D eigenvalue weighted by molar-refractivity contribution is -0.117. The summed E-state index contributed by atoms with van der Waals surface area (Å²) in [6.07, 6.45) is 0. The van der Waals surface area contributed by atoms with Gasteiger partial charge in [-0.3, -0.25) is 4.79 Å². The summed E-state index contributed by atoms with van der Waals surface area (Å²) >= 11 is 0. The maximum absolute atomic E-state index is 12.6. The van der Waals surface area contributed by atoms with Gasteiger partial charge < -0.3 is 14.6 Å². The molecule has 1 amide bonds. The molecular formula is C18H26N4O7S2. The van der Waals surface area contributed by atoms with Crippen molar-refractivity contribution < 1.29 is 30.9 Å². The number of aryl methyl sites for hydroxylation is 2. The third-order valence-corrected chi connectivity index (χ3v) is 7.85. The lowest BCUT2D eigenvalue weighted by atomic mass is 10.2. The van der Waals surface area contributed by atoms with Gasteiger partial charge in [0.25, 0.3) is 0 Å². The fourth-order valence-corrected chi connectivity index (χ4v) is 5.30. The molecule has 0 aliphatic carbocycles. The molecule has 13 heteroatoms. The summed E-state index contributed by atoms with van der Waals surface area (Å²) in [6.45, 7) is 6.25. The van der Waals surface area contributed by atoms with Crippen molar-refractivity contribution >= 4 is 31.6 Å². The van der Waals surface area contributed by atoms with Gasteiger partial charge in [0.1, 0.15) is 21.2 Å². The van der Waals surface area contributed by atoms with Crippen LogP contribution in [0, 0.1) is 13.8 Å². The topological polar surface area (TPSA) is 148 Å². The van der Waals surface area contributed by atoms with Crippen LogP contribution in [0.1, 0.15) is 25.3 Å². The number of hydrogen-bond donors (Lipinski definition) is 2. The zero-order valence-corrected chi connectivity index (χ0v) is 19.7. The number of aromatic nitrogens is 1. The second-order valence-corrected chi connectivity index (χ2v) is 10.6. The first kappa shape index (κ1) is 24.8. The van der Waals surface area contributed by atoms with Gasteiger partial charge in [0.15, 0.2) is 5.76 Å². The van der Waals surface area contributed by atoms with E-state index in [4.69, 9.17) is 9.26 Å². The Morgan fingerprint density at radius 3 is 2.39 bits per heavy atom. The monoisotopic (exact) mass is 474 g/mol. The average Bonchev–Trinajstić information content (AvgIpc) is 3.01. The van der Waals surface area contributed by atoms with Crippen molar-refractivity contribution in [2.24, 2.45) is 0 Å². The van der Waals surface area contributed by atoms with Gasteiger partial charge in [-0.05, 0) is 45.9 Å². The first-order chi connectivity index (χ1) is 14.3. The summed E-state index contributed by atoms with van der Waals surface area (Å²) in [5.41, 5.74) is 0.333. The van der Waals surface area contributed by atoms with Crippen molar-refractivity contribution in [3.63, 3.8) is 0 Å². The van der Waals surface area contributed by atoms with Gasteiger partial charge in [0, 0.05) is 19.8 Å². The average molecular weight is 475 g/mol. The molecule has 1 atom stereocenters. The lowest BCUT2D eigenvalue weighted by Crippen LogP contribution is -2.41. The number of carbonyl (C=O) groups is 1. The Kier molecular flexibility index (Phi) is 7.47. The number of benzene rings is 1. The van der Waals surface area contributed by atoms with Crippen LogP contribution in [0.3, 0.4) is 0 Å². The van der Waals surface area contributed by atoms with Gasteiger partial charge in [0.2, 0.25) is 26.0 Å². The van der Waals surface area contributed by atoms with E-state index in [1.54, 1.807) is 6.92 Å². The Morgan fingerprint density at radius 1 is 1.23 bits per heavy atom. The van der Waals surface area contributed by atoms with Crippen molar-refractivity contribution in [2.45, 2.75) is 43.5 Å². The summed E-state index contributed by atoms with van der Waals surface area (Å²) < 4.78 is 63.9. The minimum atomic E-state index is -4.06. The molecule has 11 nitrogen and oxygen atoms in total. The van der Waals surface area contributed by atoms with Crippen molar-refractivity contribution in [2.75, 3.05) is 26.0 Å². The summed E-state index contributed by atoms with van der Waals surface area (Å²) in [4.78, 5) is 12.3. The number of amides is 1. The van der Waals surface area contributed by atoms with E-state index < -0.39 is 32.0 Å². The van der Waals surface area contributed by atoms with Crippen LogP contribution in [0.15, 0.2) is 32.5 Å². The van der Waals surface area contributed by atoms with Crippen LogP contribution in [0.4, 0.5) is 5.69 Å². The van der Waals surface area contributed by atoms with Crippen molar-refractivity contribution in [1.29, 1.82) is 0 Å². The minimum absolute atomic E-state index is 0.0997. The van der Waals surface area contributed by atoms with Crippen molar-refractivity contribution in [3.05, 3.63) is 29.7 Å². The number of ether oxygens (including phenoxy) is 1. The highest BCUT2D eigenvalue weighted by Crippen LogP contribution is 2.29. The van der Waals surface area contributed by atoms with Crippen LogP contribution in [0.5, 0.6) is 5.75 Å². The molecular weight excluding hydrogens is 448 g/mol. The van der Waals surface area contributed by atoms with E-state index in [1.807, 2.05) is 0 Å². The van der Waals surface area contributed by atoms with Gasteiger partial charge in [-0.25, -0.2) is 21.1 Å². The van der Waals surface area contributed by atoms with E-state index in [2.05, 4.69) is 15.2 Å². The molecule has 0 spiro atoms. The van der Waals surface area contributed by atoms with Crippen LogP contribution in [-0.4, -0.2) is 58.9 Å². The Hall–Kier alpha value is -2.48. The van der Waals surface area contributed by atoms with E-state index in [-0.39, 0.29) is 39.3 Å². The first-order valence-electron chi connectivity index (χ1n) is 9.26. The molecule has 2 N–H and O–H groups in total. The Labute approximate surface area is 181 Å². The molecule has 1 aromatic carbocycles. The highest BCUT2D eigenvalue weighted by Gasteiger charge is 2.29. The Bertz CT molecular complexity index is 1150. The fourth-order valence-electron chi connectivity index (χ4n) is 2.71. The highest BCUT2D eigenvalue weighted by atomic mass is 32.2. The highest BCUT2D eigenvalue weighted by molar-refractivity contribution is 7.89. The van der Waals surface area contributed by atoms with E-state index in [9.17, 15) is 21.6 Å². The molecule has 2 rings (SSSR count). The summed E-state index contributed by atoms with van der Waals surface area (Å²) in [5, 5.41) is 6.12.